The third kappa shape index (κ3) is 36.0. The SMILES string of the molecule is CCCCCC/C=C\C/C=C\CCCCCCCCCC(=O)OC(/C=C\CCCCCCCCC)CCCCCCC(=O)NC(CCCN)C(=O)O. The first-order valence-corrected chi connectivity index (χ1v) is 21.8. The second-order valence-corrected chi connectivity index (χ2v) is 14.7. The van der Waals surface area contributed by atoms with Crippen LogP contribution >= 0.6 is 0 Å². The van der Waals surface area contributed by atoms with Crippen LogP contribution in [0.5, 0.6) is 0 Å². The highest BCUT2D eigenvalue weighted by atomic mass is 16.5. The van der Waals surface area contributed by atoms with Crippen molar-refractivity contribution in [2.75, 3.05) is 6.54 Å². The van der Waals surface area contributed by atoms with Gasteiger partial charge in [-0.2, -0.15) is 0 Å². The van der Waals surface area contributed by atoms with Crippen LogP contribution < -0.4 is 11.1 Å². The van der Waals surface area contributed by atoms with Gasteiger partial charge in [0.1, 0.15) is 12.1 Å². The molecule has 4 N–H and O–H groups in total. The third-order valence-electron chi connectivity index (χ3n) is 9.66. The second-order valence-electron chi connectivity index (χ2n) is 14.7. The Labute approximate surface area is 320 Å². The molecule has 0 aromatic heterocycles. The molecule has 1 amide bonds. The van der Waals surface area contributed by atoms with Gasteiger partial charge in [0.05, 0.1) is 0 Å². The summed E-state index contributed by atoms with van der Waals surface area (Å²) in [5, 5.41) is 11.9. The average molecular weight is 731 g/mol. The summed E-state index contributed by atoms with van der Waals surface area (Å²) in [6, 6.07) is -0.871. The molecule has 0 bridgehead atoms. The van der Waals surface area contributed by atoms with Crippen LogP contribution in [-0.2, 0) is 19.1 Å². The third-order valence-corrected chi connectivity index (χ3v) is 9.66. The fraction of sp³-hybridized carbons (Fsp3) is 0.800. The number of nitrogens with one attached hydrogen (secondary N) is 1. The number of hydrogen-bond acceptors (Lipinski definition) is 5. The molecule has 0 radical (unpaired) electrons. The van der Waals surface area contributed by atoms with E-state index in [1.165, 1.54) is 116 Å². The molecule has 2 atom stereocenters. The van der Waals surface area contributed by atoms with Crippen molar-refractivity contribution in [3.05, 3.63) is 36.5 Å². The maximum absolute atomic E-state index is 12.7. The normalized spacial score (nSPS) is 13.0. The van der Waals surface area contributed by atoms with Gasteiger partial charge in [-0.1, -0.05) is 147 Å². The minimum Gasteiger partial charge on any atom is -0.480 e. The van der Waals surface area contributed by atoms with Gasteiger partial charge in [0.15, 0.2) is 0 Å². The van der Waals surface area contributed by atoms with Crippen LogP contribution in [0.25, 0.3) is 0 Å². The number of carbonyl (C=O) groups excluding carboxylic acids is 2. The van der Waals surface area contributed by atoms with Gasteiger partial charge in [0.25, 0.3) is 0 Å². The molecule has 0 saturated carbocycles. The van der Waals surface area contributed by atoms with E-state index in [1.54, 1.807) is 0 Å². The monoisotopic (exact) mass is 731 g/mol. The van der Waals surface area contributed by atoms with Gasteiger partial charge in [0.2, 0.25) is 5.91 Å². The number of carboxylic acids is 1. The summed E-state index contributed by atoms with van der Waals surface area (Å²) in [5.74, 6) is -1.33. The van der Waals surface area contributed by atoms with E-state index < -0.39 is 12.0 Å². The van der Waals surface area contributed by atoms with E-state index in [0.717, 1.165) is 51.4 Å². The predicted molar refractivity (Wildman–Crippen MR) is 220 cm³/mol. The average Bonchev–Trinajstić information content (AvgIpc) is 3.13. The highest BCUT2D eigenvalue weighted by molar-refractivity contribution is 5.83. The molecule has 2 unspecified atom stereocenters. The lowest BCUT2D eigenvalue weighted by Gasteiger charge is -2.15. The van der Waals surface area contributed by atoms with E-state index in [4.69, 9.17) is 10.5 Å². The van der Waals surface area contributed by atoms with E-state index in [-0.39, 0.29) is 18.0 Å². The van der Waals surface area contributed by atoms with Gasteiger partial charge in [-0.3, -0.25) is 9.59 Å². The van der Waals surface area contributed by atoms with Gasteiger partial charge < -0.3 is 20.9 Å². The molecule has 0 saturated heterocycles. The van der Waals surface area contributed by atoms with Crippen LogP contribution in [0.4, 0.5) is 0 Å². The molecule has 302 valence electrons. The lowest BCUT2D eigenvalue weighted by Crippen LogP contribution is -2.40. The van der Waals surface area contributed by atoms with Crippen molar-refractivity contribution < 1.29 is 24.2 Å². The van der Waals surface area contributed by atoms with Gasteiger partial charge in [0, 0.05) is 12.8 Å². The van der Waals surface area contributed by atoms with Crippen LogP contribution in [0.2, 0.25) is 0 Å². The molecule has 0 fully saturated rings. The maximum Gasteiger partial charge on any atom is 0.326 e. The summed E-state index contributed by atoms with van der Waals surface area (Å²) in [6.07, 6.45) is 46.3. The molecule has 0 heterocycles. The molecule has 0 aromatic rings. The predicted octanol–water partition coefficient (Wildman–Crippen LogP) is 12.2. The topological polar surface area (TPSA) is 119 Å². The van der Waals surface area contributed by atoms with E-state index in [9.17, 15) is 19.5 Å². The number of ether oxygens (including phenoxy) is 1. The Morgan fingerprint density at radius 2 is 1.06 bits per heavy atom. The zero-order valence-electron chi connectivity index (χ0n) is 33.9. The largest absolute Gasteiger partial charge is 0.480 e. The molecule has 0 spiro atoms. The van der Waals surface area contributed by atoms with Gasteiger partial charge in [-0.25, -0.2) is 4.79 Å². The number of rotatable bonds is 39. The van der Waals surface area contributed by atoms with Crippen molar-refractivity contribution in [1.29, 1.82) is 0 Å². The second kappa shape index (κ2) is 39.8. The summed E-state index contributed by atoms with van der Waals surface area (Å²) in [4.78, 5) is 36.3. The summed E-state index contributed by atoms with van der Waals surface area (Å²) < 4.78 is 5.93. The van der Waals surface area contributed by atoms with E-state index in [1.807, 2.05) is 0 Å². The number of esters is 1. The Morgan fingerprint density at radius 3 is 1.62 bits per heavy atom. The summed E-state index contributed by atoms with van der Waals surface area (Å²) in [5.41, 5.74) is 5.48. The Balaban J connectivity index is 4.28. The highest BCUT2D eigenvalue weighted by Gasteiger charge is 2.19. The fourth-order valence-corrected chi connectivity index (χ4v) is 6.33. The molecular formula is C45H82N2O5. The number of aliphatic carboxylic acids is 1. The summed E-state index contributed by atoms with van der Waals surface area (Å²) in [6.45, 7) is 4.91. The van der Waals surface area contributed by atoms with Crippen LogP contribution in [0.1, 0.15) is 213 Å². The number of amides is 1. The number of unbranched alkanes of at least 4 members (excludes halogenated alkanes) is 21. The standard InChI is InChI=1S/C45H82N2O5/c1-3-5-7-9-11-13-14-15-16-17-18-19-20-21-23-25-27-33-39-44(49)52-41(35-30-26-24-22-12-10-8-6-4-2)36-31-28-29-32-38-43(48)47-42(45(50)51)37-34-40-46/h13-14,16-17,30,35,41-42H,3-12,15,18-29,31-34,36-40,46H2,1-2H3,(H,47,48)(H,50,51)/b14-13-,17-16-,35-30-. The van der Waals surface area contributed by atoms with E-state index in [0.29, 0.717) is 38.6 Å². The lowest BCUT2D eigenvalue weighted by molar-refractivity contribution is -0.147. The van der Waals surface area contributed by atoms with Crippen molar-refractivity contribution in [2.45, 2.75) is 225 Å². The Kier molecular flexibility index (Phi) is 37.9. The van der Waals surface area contributed by atoms with E-state index >= 15 is 0 Å². The molecule has 0 rings (SSSR count). The van der Waals surface area contributed by atoms with Gasteiger partial charge in [-0.05, 0) is 96.1 Å². The Hall–Kier alpha value is -2.41. The Morgan fingerprint density at radius 1 is 0.577 bits per heavy atom. The molecular weight excluding hydrogens is 649 g/mol. The zero-order valence-corrected chi connectivity index (χ0v) is 33.9. The van der Waals surface area contributed by atoms with Crippen LogP contribution in [-0.4, -0.2) is 41.6 Å². The summed E-state index contributed by atoms with van der Waals surface area (Å²) in [7, 11) is 0. The van der Waals surface area contributed by atoms with Crippen molar-refractivity contribution in [1.82, 2.24) is 5.32 Å². The quantitative estimate of drug-likeness (QED) is 0.0329. The van der Waals surface area contributed by atoms with Crippen LogP contribution in [0, 0.1) is 0 Å². The first-order valence-electron chi connectivity index (χ1n) is 21.8. The first-order chi connectivity index (χ1) is 25.4. The zero-order chi connectivity index (χ0) is 38.2. The first kappa shape index (κ1) is 49.6. The maximum atomic E-state index is 12.7. The van der Waals surface area contributed by atoms with E-state index in [2.05, 4.69) is 55.6 Å². The summed E-state index contributed by atoms with van der Waals surface area (Å²) >= 11 is 0. The van der Waals surface area contributed by atoms with Crippen molar-refractivity contribution >= 4 is 17.8 Å². The molecule has 7 nitrogen and oxygen atoms in total. The molecule has 52 heavy (non-hydrogen) atoms. The van der Waals surface area contributed by atoms with Gasteiger partial charge in [-0.15, -0.1) is 0 Å². The Bertz CT molecular complexity index is 915. The smallest absolute Gasteiger partial charge is 0.326 e. The van der Waals surface area contributed by atoms with Crippen molar-refractivity contribution in [3.8, 4) is 0 Å². The van der Waals surface area contributed by atoms with Gasteiger partial charge >= 0.3 is 11.9 Å². The number of carboxylic acid groups (broad SMARTS) is 1. The molecule has 7 heteroatoms. The minimum absolute atomic E-state index is 0.0945. The van der Waals surface area contributed by atoms with Crippen LogP contribution in [0.3, 0.4) is 0 Å². The van der Waals surface area contributed by atoms with Crippen molar-refractivity contribution in [2.24, 2.45) is 5.73 Å². The number of nitrogens with two attached hydrogens (primary N) is 1. The molecule has 0 aliphatic heterocycles. The molecule has 0 aliphatic carbocycles. The number of carbonyl (C=O) groups is 3. The van der Waals surface area contributed by atoms with Crippen LogP contribution in [0.15, 0.2) is 36.5 Å². The number of allylic oxidation sites excluding steroid dienone is 5. The fourth-order valence-electron chi connectivity index (χ4n) is 6.33. The minimum atomic E-state index is -1.01. The molecule has 0 aliphatic rings. The lowest BCUT2D eigenvalue weighted by atomic mass is 10.1. The number of hydrogen-bond donors (Lipinski definition) is 3. The highest BCUT2D eigenvalue weighted by Crippen LogP contribution is 2.16. The molecule has 0 aromatic carbocycles. The van der Waals surface area contributed by atoms with Crippen molar-refractivity contribution in [3.63, 3.8) is 0 Å².